The molecule has 0 unspecified atom stereocenters. The lowest BCUT2D eigenvalue weighted by Gasteiger charge is -2.10. The van der Waals surface area contributed by atoms with E-state index in [2.05, 4.69) is 10.1 Å². The summed E-state index contributed by atoms with van der Waals surface area (Å²) in [4.78, 5) is 4.09. The quantitative estimate of drug-likeness (QED) is 0.429. The van der Waals surface area contributed by atoms with Crippen molar-refractivity contribution in [1.82, 2.24) is 14.8 Å². The van der Waals surface area contributed by atoms with Gasteiger partial charge < -0.3 is 9.15 Å². The standard InChI is InChI=1S/C21H16F3N3O4S/c1-30-19-9-13(3-8-16(19)18-11-31-12-25-18)17-10-27(26-20(17)21(22,23)24)14-4-6-15(7-5-14)32(2,28)29/h3-12H,1-2H3. The highest BCUT2D eigenvalue weighted by Crippen LogP contribution is 2.39. The Labute approximate surface area is 181 Å². The van der Waals surface area contributed by atoms with Crippen molar-refractivity contribution < 1.29 is 30.7 Å². The Hall–Kier alpha value is -3.60. The van der Waals surface area contributed by atoms with Crippen molar-refractivity contribution >= 4 is 9.84 Å². The Kier molecular flexibility index (Phi) is 5.29. The summed E-state index contributed by atoms with van der Waals surface area (Å²) >= 11 is 0. The van der Waals surface area contributed by atoms with Gasteiger partial charge in [0.1, 0.15) is 17.7 Å². The first-order valence-electron chi connectivity index (χ1n) is 9.12. The van der Waals surface area contributed by atoms with Gasteiger partial charge in [0.2, 0.25) is 0 Å². The van der Waals surface area contributed by atoms with Crippen molar-refractivity contribution in [2.45, 2.75) is 11.1 Å². The van der Waals surface area contributed by atoms with E-state index in [0.717, 1.165) is 10.9 Å². The van der Waals surface area contributed by atoms with Gasteiger partial charge in [-0.15, -0.1) is 0 Å². The molecule has 11 heteroatoms. The zero-order chi connectivity index (χ0) is 23.1. The number of alkyl halides is 3. The fraction of sp³-hybridized carbons (Fsp3) is 0.143. The number of hydrogen-bond donors (Lipinski definition) is 0. The number of rotatable bonds is 5. The number of ether oxygens (including phenoxy) is 1. The maximum absolute atomic E-state index is 13.8. The average molecular weight is 463 g/mol. The molecule has 2 aromatic carbocycles. The molecule has 0 fully saturated rings. The van der Waals surface area contributed by atoms with Gasteiger partial charge in [0.15, 0.2) is 21.9 Å². The van der Waals surface area contributed by atoms with E-state index in [9.17, 15) is 21.6 Å². The molecule has 2 aromatic heterocycles. The van der Waals surface area contributed by atoms with Crippen LogP contribution in [-0.4, -0.2) is 36.5 Å². The first-order chi connectivity index (χ1) is 15.1. The number of halogens is 3. The van der Waals surface area contributed by atoms with E-state index in [0.29, 0.717) is 17.0 Å². The molecule has 166 valence electrons. The lowest BCUT2D eigenvalue weighted by Crippen LogP contribution is -2.08. The van der Waals surface area contributed by atoms with E-state index in [1.807, 2.05) is 0 Å². The number of aromatic nitrogens is 3. The molecule has 0 N–H and O–H groups in total. The van der Waals surface area contributed by atoms with E-state index in [4.69, 9.17) is 9.15 Å². The minimum Gasteiger partial charge on any atom is -0.496 e. The van der Waals surface area contributed by atoms with Crippen molar-refractivity contribution in [1.29, 1.82) is 0 Å². The molecule has 0 aliphatic carbocycles. The second-order valence-corrected chi connectivity index (χ2v) is 8.90. The van der Waals surface area contributed by atoms with Gasteiger partial charge in [-0.25, -0.2) is 18.1 Å². The molecular formula is C21H16F3N3O4S. The molecule has 32 heavy (non-hydrogen) atoms. The molecule has 4 aromatic rings. The van der Waals surface area contributed by atoms with Crippen molar-refractivity contribution in [3.8, 4) is 33.8 Å². The Morgan fingerprint density at radius 2 is 1.78 bits per heavy atom. The predicted octanol–water partition coefficient (Wildman–Crippen LogP) is 4.63. The van der Waals surface area contributed by atoms with Crippen LogP contribution >= 0.6 is 0 Å². The molecule has 0 saturated carbocycles. The fourth-order valence-corrected chi connectivity index (χ4v) is 3.82. The van der Waals surface area contributed by atoms with Gasteiger partial charge >= 0.3 is 6.18 Å². The average Bonchev–Trinajstić information content (AvgIpc) is 3.43. The monoisotopic (exact) mass is 463 g/mol. The van der Waals surface area contributed by atoms with E-state index >= 15 is 0 Å². The number of methoxy groups -OCH3 is 1. The minimum absolute atomic E-state index is 0.0536. The van der Waals surface area contributed by atoms with E-state index in [1.165, 1.54) is 62.4 Å². The molecule has 0 aliphatic heterocycles. The Morgan fingerprint density at radius 1 is 1.06 bits per heavy atom. The van der Waals surface area contributed by atoms with Crippen LogP contribution in [0.5, 0.6) is 5.75 Å². The number of benzene rings is 2. The Balaban J connectivity index is 1.82. The molecule has 0 amide bonds. The summed E-state index contributed by atoms with van der Waals surface area (Å²) in [7, 11) is -2.03. The highest BCUT2D eigenvalue weighted by molar-refractivity contribution is 7.90. The Morgan fingerprint density at radius 3 is 2.34 bits per heavy atom. The highest BCUT2D eigenvalue weighted by Gasteiger charge is 2.38. The van der Waals surface area contributed by atoms with Crippen LogP contribution in [0.3, 0.4) is 0 Å². The second kappa shape index (κ2) is 7.83. The van der Waals surface area contributed by atoms with Gasteiger partial charge in [0.05, 0.1) is 17.7 Å². The van der Waals surface area contributed by atoms with Crippen LogP contribution in [0.2, 0.25) is 0 Å². The number of oxazole rings is 1. The molecule has 2 heterocycles. The van der Waals surface area contributed by atoms with Gasteiger partial charge in [0.25, 0.3) is 0 Å². The normalized spacial score (nSPS) is 12.2. The van der Waals surface area contributed by atoms with Gasteiger partial charge in [-0.2, -0.15) is 18.3 Å². The molecule has 0 radical (unpaired) electrons. The minimum atomic E-state index is -4.72. The van der Waals surface area contributed by atoms with E-state index in [1.54, 1.807) is 6.07 Å². The first kappa shape index (κ1) is 21.6. The molecule has 0 aliphatic rings. The van der Waals surface area contributed by atoms with Crippen LogP contribution in [0.1, 0.15) is 5.69 Å². The predicted molar refractivity (Wildman–Crippen MR) is 109 cm³/mol. The Bertz CT molecular complexity index is 1360. The third-order valence-corrected chi connectivity index (χ3v) is 5.86. The zero-order valence-electron chi connectivity index (χ0n) is 16.8. The summed E-state index contributed by atoms with van der Waals surface area (Å²) in [6.45, 7) is 0. The van der Waals surface area contributed by atoms with E-state index in [-0.39, 0.29) is 21.7 Å². The summed E-state index contributed by atoms with van der Waals surface area (Å²) < 4.78 is 75.9. The third-order valence-electron chi connectivity index (χ3n) is 4.73. The zero-order valence-corrected chi connectivity index (χ0v) is 17.6. The van der Waals surface area contributed by atoms with Crippen molar-refractivity contribution in [2.24, 2.45) is 0 Å². The van der Waals surface area contributed by atoms with Gasteiger partial charge in [0, 0.05) is 23.6 Å². The molecule has 4 rings (SSSR count). The number of nitrogens with zero attached hydrogens (tertiary/aromatic N) is 3. The van der Waals surface area contributed by atoms with Gasteiger partial charge in [-0.3, -0.25) is 0 Å². The van der Waals surface area contributed by atoms with Crippen LogP contribution in [0, 0.1) is 0 Å². The lowest BCUT2D eigenvalue weighted by molar-refractivity contribution is -0.140. The maximum Gasteiger partial charge on any atom is 0.435 e. The van der Waals surface area contributed by atoms with Crippen LogP contribution in [0.4, 0.5) is 13.2 Å². The summed E-state index contributed by atoms with van der Waals surface area (Å²) in [5.41, 5.74) is 0.310. The van der Waals surface area contributed by atoms with Gasteiger partial charge in [-0.05, 0) is 42.0 Å². The van der Waals surface area contributed by atoms with Crippen molar-refractivity contribution in [2.75, 3.05) is 13.4 Å². The molecule has 0 bridgehead atoms. The smallest absolute Gasteiger partial charge is 0.435 e. The van der Waals surface area contributed by atoms with Crippen LogP contribution in [0.15, 0.2) is 70.6 Å². The third kappa shape index (κ3) is 4.11. The van der Waals surface area contributed by atoms with Crippen LogP contribution in [-0.2, 0) is 16.0 Å². The van der Waals surface area contributed by atoms with Crippen molar-refractivity contribution in [3.63, 3.8) is 0 Å². The lowest BCUT2D eigenvalue weighted by atomic mass is 10.0. The summed E-state index contributed by atoms with van der Waals surface area (Å²) in [6.07, 6.45) is 0.209. The second-order valence-electron chi connectivity index (χ2n) is 6.89. The summed E-state index contributed by atoms with van der Waals surface area (Å²) in [5, 5.41) is 3.72. The fourth-order valence-electron chi connectivity index (χ4n) is 3.19. The SMILES string of the molecule is COc1cc(-c2cn(-c3ccc(S(C)(=O)=O)cc3)nc2C(F)(F)F)ccc1-c1cocn1. The van der Waals surface area contributed by atoms with Crippen LogP contribution < -0.4 is 4.74 Å². The molecule has 0 atom stereocenters. The topological polar surface area (TPSA) is 87.2 Å². The van der Waals surface area contributed by atoms with Crippen LogP contribution in [0.25, 0.3) is 28.1 Å². The number of hydrogen-bond acceptors (Lipinski definition) is 6. The first-order valence-corrected chi connectivity index (χ1v) is 11.0. The van der Waals surface area contributed by atoms with Gasteiger partial charge in [-0.1, -0.05) is 6.07 Å². The molecular weight excluding hydrogens is 447 g/mol. The van der Waals surface area contributed by atoms with E-state index < -0.39 is 21.7 Å². The number of sulfone groups is 1. The molecule has 0 spiro atoms. The maximum atomic E-state index is 13.8. The summed E-state index contributed by atoms with van der Waals surface area (Å²) in [5.74, 6) is 0.315. The summed E-state index contributed by atoms with van der Waals surface area (Å²) in [6, 6.07) is 9.97. The largest absolute Gasteiger partial charge is 0.496 e. The van der Waals surface area contributed by atoms with Crippen molar-refractivity contribution in [3.05, 3.63) is 67.0 Å². The highest BCUT2D eigenvalue weighted by atomic mass is 32.2. The molecule has 7 nitrogen and oxygen atoms in total. The molecule has 0 saturated heterocycles.